The summed E-state index contributed by atoms with van der Waals surface area (Å²) in [5, 5.41) is 4.37. The topological polar surface area (TPSA) is 17.8 Å². The second-order valence-corrected chi connectivity index (χ2v) is 4.64. The molecular weight excluding hydrogens is 196 g/mol. The predicted molar refractivity (Wildman–Crippen MR) is 58.5 cm³/mol. The first-order chi connectivity index (χ1) is 6.79. The minimum atomic E-state index is 0.573. The maximum atomic E-state index is 5.75. The van der Waals surface area contributed by atoms with Crippen molar-refractivity contribution in [2.24, 2.45) is 5.92 Å². The van der Waals surface area contributed by atoms with Crippen LogP contribution in [0.1, 0.15) is 44.2 Å². The van der Waals surface area contributed by atoms with Crippen LogP contribution in [0.3, 0.4) is 0 Å². The number of halogens is 1. The Kier molecular flexibility index (Phi) is 3.12. The number of rotatable bonds is 2. The first-order valence-electron chi connectivity index (χ1n) is 5.38. The molecule has 78 valence electrons. The molecule has 1 saturated carbocycles. The minimum absolute atomic E-state index is 0.573. The van der Waals surface area contributed by atoms with Crippen molar-refractivity contribution in [1.82, 2.24) is 9.78 Å². The maximum Gasteiger partial charge on any atom is 0.0534 e. The van der Waals surface area contributed by atoms with Gasteiger partial charge in [0, 0.05) is 11.8 Å². The van der Waals surface area contributed by atoms with Crippen molar-refractivity contribution >= 4 is 11.6 Å². The van der Waals surface area contributed by atoms with Crippen molar-refractivity contribution in [2.45, 2.75) is 44.5 Å². The van der Waals surface area contributed by atoms with Crippen molar-refractivity contribution in [2.75, 3.05) is 0 Å². The Balaban J connectivity index is 2.01. The van der Waals surface area contributed by atoms with Crippen LogP contribution in [0.4, 0.5) is 0 Å². The summed E-state index contributed by atoms with van der Waals surface area (Å²) in [6.07, 6.45) is 9.18. The molecule has 0 aliphatic heterocycles. The normalized spacial score (nSPS) is 27.9. The monoisotopic (exact) mass is 212 g/mol. The number of alkyl halides is 1. The zero-order chi connectivity index (χ0) is 9.97. The van der Waals surface area contributed by atoms with Crippen LogP contribution >= 0.6 is 11.6 Å². The molecule has 1 heterocycles. The van der Waals surface area contributed by atoms with Gasteiger partial charge < -0.3 is 0 Å². The molecule has 0 atom stereocenters. The van der Waals surface area contributed by atoms with Gasteiger partial charge in [-0.3, -0.25) is 4.68 Å². The van der Waals surface area contributed by atoms with Crippen molar-refractivity contribution in [3.8, 4) is 0 Å². The fraction of sp³-hybridized carbons (Fsp3) is 0.727. The average molecular weight is 213 g/mol. The Morgan fingerprint density at radius 2 is 2.14 bits per heavy atom. The van der Waals surface area contributed by atoms with Gasteiger partial charge in [0.2, 0.25) is 0 Å². The molecule has 14 heavy (non-hydrogen) atoms. The van der Waals surface area contributed by atoms with Crippen LogP contribution in [0, 0.1) is 5.92 Å². The van der Waals surface area contributed by atoms with Crippen LogP contribution < -0.4 is 0 Å². The maximum absolute atomic E-state index is 5.75. The average Bonchev–Trinajstić information content (AvgIpc) is 2.67. The third-order valence-corrected chi connectivity index (χ3v) is 3.48. The Morgan fingerprint density at radius 3 is 2.71 bits per heavy atom. The second kappa shape index (κ2) is 4.35. The van der Waals surface area contributed by atoms with Crippen LogP contribution in [0.5, 0.6) is 0 Å². The van der Waals surface area contributed by atoms with E-state index in [0.29, 0.717) is 11.9 Å². The SMILES string of the molecule is CC1CCC(n2cc(CCl)cn2)CC1. The van der Waals surface area contributed by atoms with E-state index in [4.69, 9.17) is 11.6 Å². The molecule has 0 radical (unpaired) electrons. The lowest BCUT2D eigenvalue weighted by atomic mass is 9.87. The Hall–Kier alpha value is -0.500. The number of aromatic nitrogens is 2. The van der Waals surface area contributed by atoms with Gasteiger partial charge in [0.1, 0.15) is 0 Å². The molecule has 2 nitrogen and oxygen atoms in total. The molecule has 1 aromatic rings. The lowest BCUT2D eigenvalue weighted by molar-refractivity contribution is 0.274. The van der Waals surface area contributed by atoms with Crippen LogP contribution in [0.2, 0.25) is 0 Å². The summed E-state index contributed by atoms with van der Waals surface area (Å²) >= 11 is 5.75. The van der Waals surface area contributed by atoms with Crippen molar-refractivity contribution in [3.05, 3.63) is 18.0 Å². The number of nitrogens with zero attached hydrogens (tertiary/aromatic N) is 2. The van der Waals surface area contributed by atoms with E-state index < -0.39 is 0 Å². The van der Waals surface area contributed by atoms with Crippen molar-refractivity contribution in [3.63, 3.8) is 0 Å². The fourth-order valence-corrected chi connectivity index (χ4v) is 2.29. The summed E-state index contributed by atoms with van der Waals surface area (Å²) in [6, 6.07) is 0.614. The molecule has 1 aromatic heterocycles. The minimum Gasteiger partial charge on any atom is -0.269 e. The van der Waals surface area contributed by atoms with Crippen LogP contribution in [0.25, 0.3) is 0 Å². The zero-order valence-electron chi connectivity index (χ0n) is 8.62. The summed E-state index contributed by atoms with van der Waals surface area (Å²) in [7, 11) is 0. The second-order valence-electron chi connectivity index (χ2n) is 4.38. The van der Waals surface area contributed by atoms with E-state index in [2.05, 4.69) is 22.9 Å². The first kappa shape index (κ1) is 10.0. The van der Waals surface area contributed by atoms with Gasteiger partial charge in [-0.15, -0.1) is 11.6 Å². The molecule has 1 aliphatic carbocycles. The quantitative estimate of drug-likeness (QED) is 0.688. The summed E-state index contributed by atoms with van der Waals surface area (Å²) in [5.74, 6) is 1.47. The Bertz CT molecular complexity index is 287. The van der Waals surface area contributed by atoms with E-state index in [0.717, 1.165) is 11.5 Å². The highest BCUT2D eigenvalue weighted by Crippen LogP contribution is 2.31. The van der Waals surface area contributed by atoms with E-state index >= 15 is 0 Å². The van der Waals surface area contributed by atoms with Gasteiger partial charge in [0.25, 0.3) is 0 Å². The lowest BCUT2D eigenvalue weighted by Gasteiger charge is -2.26. The fourth-order valence-electron chi connectivity index (χ4n) is 2.15. The molecule has 0 spiro atoms. The van der Waals surface area contributed by atoms with Gasteiger partial charge >= 0.3 is 0 Å². The standard InChI is InChI=1S/C11H17ClN2/c1-9-2-4-11(5-3-9)14-8-10(6-12)7-13-14/h7-9,11H,2-6H2,1H3. The Morgan fingerprint density at radius 1 is 1.43 bits per heavy atom. The summed E-state index contributed by atoms with van der Waals surface area (Å²) in [5.41, 5.74) is 1.13. The molecule has 0 aromatic carbocycles. The zero-order valence-corrected chi connectivity index (χ0v) is 9.37. The van der Waals surface area contributed by atoms with Gasteiger partial charge in [-0.2, -0.15) is 5.10 Å². The highest BCUT2D eigenvalue weighted by molar-refractivity contribution is 6.17. The van der Waals surface area contributed by atoms with Crippen LogP contribution in [0.15, 0.2) is 12.4 Å². The molecule has 0 amide bonds. The van der Waals surface area contributed by atoms with E-state index in [1.807, 2.05) is 6.20 Å². The number of hydrogen-bond donors (Lipinski definition) is 0. The van der Waals surface area contributed by atoms with Gasteiger partial charge in [0.05, 0.1) is 18.1 Å². The predicted octanol–water partition coefficient (Wildman–Crippen LogP) is 3.37. The van der Waals surface area contributed by atoms with Gasteiger partial charge in [-0.05, 0) is 31.6 Å². The van der Waals surface area contributed by atoms with Crippen LogP contribution in [-0.4, -0.2) is 9.78 Å². The molecular formula is C11H17ClN2. The highest BCUT2D eigenvalue weighted by atomic mass is 35.5. The lowest BCUT2D eigenvalue weighted by Crippen LogP contribution is -2.16. The van der Waals surface area contributed by atoms with Gasteiger partial charge in [0.15, 0.2) is 0 Å². The highest BCUT2D eigenvalue weighted by Gasteiger charge is 2.19. The largest absolute Gasteiger partial charge is 0.269 e. The molecule has 0 N–H and O–H groups in total. The molecule has 1 fully saturated rings. The molecule has 0 unspecified atom stereocenters. The summed E-state index contributed by atoms with van der Waals surface area (Å²) < 4.78 is 2.10. The number of hydrogen-bond acceptors (Lipinski definition) is 1. The molecule has 2 rings (SSSR count). The van der Waals surface area contributed by atoms with E-state index in [1.165, 1.54) is 25.7 Å². The van der Waals surface area contributed by atoms with Crippen molar-refractivity contribution in [1.29, 1.82) is 0 Å². The molecule has 0 bridgehead atoms. The third-order valence-electron chi connectivity index (χ3n) is 3.17. The Labute approximate surface area is 90.3 Å². The van der Waals surface area contributed by atoms with E-state index in [-0.39, 0.29) is 0 Å². The molecule has 1 aliphatic rings. The summed E-state index contributed by atoms with van der Waals surface area (Å²) in [4.78, 5) is 0. The van der Waals surface area contributed by atoms with Gasteiger partial charge in [-0.1, -0.05) is 6.92 Å². The van der Waals surface area contributed by atoms with Gasteiger partial charge in [-0.25, -0.2) is 0 Å². The molecule has 0 saturated heterocycles. The van der Waals surface area contributed by atoms with Crippen LogP contribution in [-0.2, 0) is 5.88 Å². The smallest absolute Gasteiger partial charge is 0.0534 e. The molecule has 3 heteroatoms. The summed E-state index contributed by atoms with van der Waals surface area (Å²) in [6.45, 7) is 2.34. The van der Waals surface area contributed by atoms with E-state index in [9.17, 15) is 0 Å². The van der Waals surface area contributed by atoms with Crippen molar-refractivity contribution < 1.29 is 0 Å². The third kappa shape index (κ3) is 2.11. The van der Waals surface area contributed by atoms with E-state index in [1.54, 1.807) is 0 Å². The first-order valence-corrected chi connectivity index (χ1v) is 5.92.